The summed E-state index contributed by atoms with van der Waals surface area (Å²) < 4.78 is 24.3. The second-order valence-electron chi connectivity index (χ2n) is 3.42. The van der Waals surface area contributed by atoms with Gasteiger partial charge in [-0.25, -0.2) is 8.42 Å². The van der Waals surface area contributed by atoms with Crippen LogP contribution in [0.25, 0.3) is 5.57 Å². The van der Waals surface area contributed by atoms with Gasteiger partial charge in [0.15, 0.2) is 0 Å². The standard InChI is InChI=1S/C11H15NO3S/c1-3-9(8-13)10-4-6-11(7-5-10)12-16(2,14)15/h3-7,12-13H,8H2,1-2H3. The van der Waals surface area contributed by atoms with Crippen LogP contribution in [0.2, 0.25) is 0 Å². The molecule has 0 aliphatic rings. The van der Waals surface area contributed by atoms with Crippen molar-refractivity contribution >= 4 is 21.3 Å². The van der Waals surface area contributed by atoms with Gasteiger partial charge in [0.1, 0.15) is 0 Å². The van der Waals surface area contributed by atoms with Gasteiger partial charge in [0.25, 0.3) is 0 Å². The molecule has 0 amide bonds. The van der Waals surface area contributed by atoms with Crippen molar-refractivity contribution < 1.29 is 13.5 Å². The molecule has 4 nitrogen and oxygen atoms in total. The lowest BCUT2D eigenvalue weighted by Gasteiger charge is -2.06. The molecule has 16 heavy (non-hydrogen) atoms. The van der Waals surface area contributed by atoms with E-state index in [0.29, 0.717) is 5.69 Å². The monoisotopic (exact) mass is 241 g/mol. The molecule has 1 aromatic rings. The number of allylic oxidation sites excluding steroid dienone is 1. The smallest absolute Gasteiger partial charge is 0.229 e. The fourth-order valence-electron chi connectivity index (χ4n) is 1.32. The third-order valence-corrected chi connectivity index (χ3v) is 2.68. The number of hydrogen-bond donors (Lipinski definition) is 2. The zero-order valence-corrected chi connectivity index (χ0v) is 10.1. The van der Waals surface area contributed by atoms with Gasteiger partial charge in [-0.05, 0) is 30.2 Å². The van der Waals surface area contributed by atoms with E-state index in [2.05, 4.69) is 4.72 Å². The molecule has 0 atom stereocenters. The van der Waals surface area contributed by atoms with Gasteiger partial charge in [-0.15, -0.1) is 0 Å². The summed E-state index contributed by atoms with van der Waals surface area (Å²) in [7, 11) is -3.24. The highest BCUT2D eigenvalue weighted by molar-refractivity contribution is 7.92. The molecule has 0 bridgehead atoms. The third-order valence-electron chi connectivity index (χ3n) is 2.08. The first-order valence-corrected chi connectivity index (χ1v) is 6.69. The summed E-state index contributed by atoms with van der Waals surface area (Å²) in [5, 5.41) is 9.06. The molecule has 1 rings (SSSR count). The highest BCUT2D eigenvalue weighted by atomic mass is 32.2. The van der Waals surface area contributed by atoms with Crippen LogP contribution >= 0.6 is 0 Å². The van der Waals surface area contributed by atoms with Crippen LogP contribution in [0.4, 0.5) is 5.69 Å². The van der Waals surface area contributed by atoms with E-state index in [0.717, 1.165) is 17.4 Å². The van der Waals surface area contributed by atoms with Gasteiger partial charge in [-0.1, -0.05) is 18.2 Å². The van der Waals surface area contributed by atoms with Crippen molar-refractivity contribution in [1.82, 2.24) is 0 Å². The van der Waals surface area contributed by atoms with E-state index in [9.17, 15) is 8.42 Å². The molecule has 0 radical (unpaired) electrons. The molecule has 0 spiro atoms. The normalized spacial score (nSPS) is 12.6. The minimum atomic E-state index is -3.24. The van der Waals surface area contributed by atoms with Gasteiger partial charge in [0, 0.05) is 5.69 Å². The molecule has 0 heterocycles. The first-order chi connectivity index (χ1) is 7.46. The number of rotatable bonds is 4. The van der Waals surface area contributed by atoms with Gasteiger partial charge >= 0.3 is 0 Å². The Bertz CT molecular complexity index is 474. The van der Waals surface area contributed by atoms with Crippen molar-refractivity contribution in [2.75, 3.05) is 17.6 Å². The fraction of sp³-hybridized carbons (Fsp3) is 0.273. The van der Waals surface area contributed by atoms with E-state index in [1.165, 1.54) is 0 Å². The maximum atomic E-state index is 11.0. The molecule has 0 unspecified atom stereocenters. The predicted molar refractivity (Wildman–Crippen MR) is 65.6 cm³/mol. The molecule has 0 fully saturated rings. The first-order valence-electron chi connectivity index (χ1n) is 4.80. The minimum Gasteiger partial charge on any atom is -0.392 e. The van der Waals surface area contributed by atoms with Crippen LogP contribution < -0.4 is 4.72 Å². The van der Waals surface area contributed by atoms with Gasteiger partial charge in [-0.2, -0.15) is 0 Å². The van der Waals surface area contributed by atoms with Gasteiger partial charge in [0.05, 0.1) is 12.9 Å². The fourth-order valence-corrected chi connectivity index (χ4v) is 1.88. The summed E-state index contributed by atoms with van der Waals surface area (Å²) in [4.78, 5) is 0. The van der Waals surface area contributed by atoms with E-state index in [-0.39, 0.29) is 6.61 Å². The summed E-state index contributed by atoms with van der Waals surface area (Å²) in [6.45, 7) is 1.81. The average Bonchev–Trinajstić information content (AvgIpc) is 2.20. The highest BCUT2D eigenvalue weighted by Gasteiger charge is 2.03. The van der Waals surface area contributed by atoms with Crippen LogP contribution in [0.5, 0.6) is 0 Å². The third kappa shape index (κ3) is 3.67. The average molecular weight is 241 g/mol. The Morgan fingerprint density at radius 1 is 1.38 bits per heavy atom. The zero-order chi connectivity index (χ0) is 12.2. The van der Waals surface area contributed by atoms with Crippen LogP contribution in [0.3, 0.4) is 0 Å². The summed E-state index contributed by atoms with van der Waals surface area (Å²) in [5.74, 6) is 0. The molecule has 0 saturated heterocycles. The van der Waals surface area contributed by atoms with Gasteiger partial charge in [-0.3, -0.25) is 4.72 Å². The van der Waals surface area contributed by atoms with Gasteiger partial charge in [0.2, 0.25) is 10.0 Å². The van der Waals surface area contributed by atoms with E-state index in [1.54, 1.807) is 24.3 Å². The zero-order valence-electron chi connectivity index (χ0n) is 9.27. The van der Waals surface area contributed by atoms with Crippen LogP contribution in [-0.2, 0) is 10.0 Å². The van der Waals surface area contributed by atoms with Crippen LogP contribution in [0.1, 0.15) is 12.5 Å². The second-order valence-corrected chi connectivity index (χ2v) is 5.17. The van der Waals surface area contributed by atoms with E-state index in [1.807, 2.05) is 13.0 Å². The van der Waals surface area contributed by atoms with Crippen LogP contribution in [0.15, 0.2) is 30.3 Å². The Balaban J connectivity index is 2.92. The van der Waals surface area contributed by atoms with Crippen LogP contribution in [-0.4, -0.2) is 26.4 Å². The lowest BCUT2D eigenvalue weighted by molar-refractivity contribution is 0.350. The number of sulfonamides is 1. The Morgan fingerprint density at radius 2 is 1.94 bits per heavy atom. The summed E-state index contributed by atoms with van der Waals surface area (Å²) in [6, 6.07) is 6.85. The molecular weight excluding hydrogens is 226 g/mol. The Labute approximate surface area is 95.7 Å². The molecule has 0 saturated carbocycles. The van der Waals surface area contributed by atoms with Crippen molar-refractivity contribution in [1.29, 1.82) is 0 Å². The van der Waals surface area contributed by atoms with Crippen molar-refractivity contribution in [3.8, 4) is 0 Å². The molecule has 0 aliphatic carbocycles. The number of hydrogen-bond acceptors (Lipinski definition) is 3. The first kappa shape index (κ1) is 12.7. The van der Waals surface area contributed by atoms with Crippen molar-refractivity contribution in [3.63, 3.8) is 0 Å². The van der Waals surface area contributed by atoms with E-state index < -0.39 is 10.0 Å². The topological polar surface area (TPSA) is 66.4 Å². The summed E-state index contributed by atoms with van der Waals surface area (Å²) in [5.41, 5.74) is 2.20. The van der Waals surface area contributed by atoms with Gasteiger partial charge < -0.3 is 5.11 Å². The molecule has 0 aliphatic heterocycles. The number of benzene rings is 1. The van der Waals surface area contributed by atoms with Crippen molar-refractivity contribution in [2.24, 2.45) is 0 Å². The number of aliphatic hydroxyl groups is 1. The SMILES string of the molecule is CC=C(CO)c1ccc(NS(C)(=O)=O)cc1. The molecule has 88 valence electrons. The lowest BCUT2D eigenvalue weighted by Crippen LogP contribution is -2.09. The summed E-state index contributed by atoms with van der Waals surface area (Å²) >= 11 is 0. The quantitative estimate of drug-likeness (QED) is 0.838. The number of nitrogens with one attached hydrogen (secondary N) is 1. The number of anilines is 1. The Kier molecular flexibility index (Phi) is 4.09. The van der Waals surface area contributed by atoms with E-state index >= 15 is 0 Å². The minimum absolute atomic E-state index is 0.0324. The molecule has 5 heteroatoms. The molecular formula is C11H15NO3S. The maximum Gasteiger partial charge on any atom is 0.229 e. The molecule has 0 aromatic heterocycles. The predicted octanol–water partition coefficient (Wildman–Crippen LogP) is 1.45. The van der Waals surface area contributed by atoms with Crippen molar-refractivity contribution in [3.05, 3.63) is 35.9 Å². The lowest BCUT2D eigenvalue weighted by atomic mass is 10.1. The van der Waals surface area contributed by atoms with Crippen LogP contribution in [0, 0.1) is 0 Å². The number of aliphatic hydroxyl groups excluding tert-OH is 1. The largest absolute Gasteiger partial charge is 0.392 e. The molecule has 2 N–H and O–H groups in total. The second kappa shape index (κ2) is 5.14. The highest BCUT2D eigenvalue weighted by Crippen LogP contribution is 2.17. The maximum absolute atomic E-state index is 11.0. The summed E-state index contributed by atoms with van der Waals surface area (Å²) in [6.07, 6.45) is 2.92. The Hall–Kier alpha value is -1.33. The van der Waals surface area contributed by atoms with Crippen molar-refractivity contribution in [2.45, 2.75) is 6.92 Å². The Morgan fingerprint density at radius 3 is 2.31 bits per heavy atom. The van der Waals surface area contributed by atoms with E-state index in [4.69, 9.17) is 5.11 Å². The molecule has 1 aromatic carbocycles.